The predicted octanol–water partition coefficient (Wildman–Crippen LogP) is 4.27. The molecule has 0 radical (unpaired) electrons. The molecule has 0 aliphatic carbocycles. The zero-order valence-electron chi connectivity index (χ0n) is 16.7. The first-order valence-corrected chi connectivity index (χ1v) is 11.4. The Morgan fingerprint density at radius 2 is 1.87 bits per heavy atom. The molecule has 0 unspecified atom stereocenters. The molecule has 6 nitrogen and oxygen atoms in total. The van der Waals surface area contributed by atoms with Crippen LogP contribution in [0.2, 0.25) is 0 Å². The van der Waals surface area contributed by atoms with Gasteiger partial charge in [-0.2, -0.15) is 4.31 Å². The number of nitrogens with zero attached hydrogens (tertiary/aromatic N) is 2. The van der Waals surface area contributed by atoms with E-state index in [-0.39, 0.29) is 5.13 Å². The third kappa shape index (κ3) is 5.81. The van der Waals surface area contributed by atoms with E-state index in [9.17, 15) is 22.0 Å². The summed E-state index contributed by atoms with van der Waals surface area (Å²) in [4.78, 5) is 17.3. The molecule has 10 heteroatoms. The molecule has 0 fully saturated rings. The molecular weight excluding hydrogens is 444 g/mol. The highest BCUT2D eigenvalue weighted by Crippen LogP contribution is 2.31. The van der Waals surface area contributed by atoms with Gasteiger partial charge < -0.3 is 5.32 Å². The van der Waals surface area contributed by atoms with Crippen molar-refractivity contribution >= 4 is 38.5 Å². The second-order valence-corrected chi connectivity index (χ2v) is 9.74. The van der Waals surface area contributed by atoms with Crippen molar-refractivity contribution in [1.29, 1.82) is 0 Å². The number of anilines is 1. The number of benzene rings is 2. The highest BCUT2D eigenvalue weighted by molar-refractivity contribution is 7.92. The normalized spacial score (nSPS) is 11.9. The van der Waals surface area contributed by atoms with Crippen molar-refractivity contribution in [1.82, 2.24) is 9.29 Å². The highest BCUT2D eigenvalue weighted by Gasteiger charge is 2.19. The average molecular weight is 464 g/mol. The molecule has 0 saturated heterocycles. The van der Waals surface area contributed by atoms with Gasteiger partial charge in [0.15, 0.2) is 16.8 Å². The van der Waals surface area contributed by atoms with Crippen molar-refractivity contribution in [2.75, 3.05) is 18.9 Å². The van der Waals surface area contributed by atoms with Crippen LogP contribution in [0.15, 0.2) is 53.9 Å². The van der Waals surface area contributed by atoms with Gasteiger partial charge >= 0.3 is 0 Å². The zero-order valence-corrected chi connectivity index (χ0v) is 18.3. The standard InChI is InChI=1S/C21H19F2N3O3S2/c1-14-20(16-8-9-17(22)18(23)12-16)25-21(30-14)24-19(27)13-26(2)31(28,29)11-10-15-6-4-3-5-7-15/h3-12H,13H2,1-2H3,(H,24,25,27). The predicted molar refractivity (Wildman–Crippen MR) is 118 cm³/mol. The summed E-state index contributed by atoms with van der Waals surface area (Å²) in [5.74, 6) is -2.54. The van der Waals surface area contributed by atoms with E-state index in [1.54, 1.807) is 31.2 Å². The summed E-state index contributed by atoms with van der Waals surface area (Å²) in [5.41, 5.74) is 1.50. The lowest BCUT2D eigenvalue weighted by atomic mass is 10.1. The fourth-order valence-corrected chi connectivity index (χ4v) is 4.33. The Bertz CT molecular complexity index is 1230. The van der Waals surface area contributed by atoms with Gasteiger partial charge in [-0.3, -0.25) is 4.79 Å². The Hall–Kier alpha value is -2.95. The fourth-order valence-electron chi connectivity index (χ4n) is 2.64. The van der Waals surface area contributed by atoms with Crippen molar-refractivity contribution in [2.45, 2.75) is 6.92 Å². The van der Waals surface area contributed by atoms with Crippen molar-refractivity contribution in [2.24, 2.45) is 0 Å². The number of carbonyl (C=O) groups is 1. The minimum atomic E-state index is -3.80. The number of amides is 1. The van der Waals surface area contributed by atoms with Gasteiger partial charge in [-0.1, -0.05) is 30.3 Å². The molecule has 3 rings (SSSR count). The lowest BCUT2D eigenvalue weighted by Gasteiger charge is -2.13. The van der Waals surface area contributed by atoms with E-state index in [4.69, 9.17) is 0 Å². The second kappa shape index (κ2) is 9.46. The molecule has 3 aromatic rings. The minimum absolute atomic E-state index is 0.229. The number of rotatable bonds is 7. The molecule has 2 aromatic carbocycles. The number of aryl methyl sites for hydroxylation is 1. The Balaban J connectivity index is 1.66. The van der Waals surface area contributed by atoms with Crippen LogP contribution in [0.1, 0.15) is 10.4 Å². The number of carbonyl (C=O) groups excluding carboxylic acids is 1. The number of hydrogen-bond donors (Lipinski definition) is 1. The van der Waals surface area contributed by atoms with Gasteiger partial charge in [0.05, 0.1) is 12.2 Å². The van der Waals surface area contributed by atoms with Crippen molar-refractivity contribution in [3.63, 3.8) is 0 Å². The first-order valence-electron chi connectivity index (χ1n) is 9.08. The highest BCUT2D eigenvalue weighted by atomic mass is 32.2. The van der Waals surface area contributed by atoms with E-state index in [1.807, 2.05) is 6.07 Å². The average Bonchev–Trinajstić information content (AvgIpc) is 3.09. The molecule has 1 aromatic heterocycles. The molecule has 1 amide bonds. The first-order chi connectivity index (χ1) is 14.7. The van der Waals surface area contributed by atoms with Crippen molar-refractivity contribution < 1.29 is 22.0 Å². The third-order valence-electron chi connectivity index (χ3n) is 4.27. The fraction of sp³-hybridized carbons (Fsp3) is 0.143. The molecular formula is C21H19F2N3O3S2. The molecule has 1 heterocycles. The van der Waals surface area contributed by atoms with Crippen LogP contribution < -0.4 is 5.32 Å². The summed E-state index contributed by atoms with van der Waals surface area (Å²) in [6.45, 7) is 1.31. The Labute approximate surface area is 182 Å². The smallest absolute Gasteiger partial charge is 0.241 e. The number of aromatic nitrogens is 1. The molecule has 0 atom stereocenters. The molecule has 0 saturated carbocycles. The summed E-state index contributed by atoms with van der Waals surface area (Å²) in [5, 5.41) is 3.81. The molecule has 0 spiro atoms. The van der Waals surface area contributed by atoms with E-state index < -0.39 is 34.1 Å². The van der Waals surface area contributed by atoms with E-state index in [0.717, 1.165) is 33.2 Å². The molecule has 1 N–H and O–H groups in total. The number of sulfonamides is 1. The summed E-state index contributed by atoms with van der Waals surface area (Å²) >= 11 is 1.15. The third-order valence-corrected chi connectivity index (χ3v) is 6.63. The quantitative estimate of drug-likeness (QED) is 0.568. The Morgan fingerprint density at radius 3 is 2.55 bits per heavy atom. The largest absolute Gasteiger partial charge is 0.301 e. The van der Waals surface area contributed by atoms with Gasteiger partial charge in [0, 0.05) is 22.9 Å². The number of halogens is 2. The topological polar surface area (TPSA) is 79.4 Å². The molecule has 31 heavy (non-hydrogen) atoms. The number of likely N-dealkylation sites (N-methyl/N-ethyl adjacent to an activating group) is 1. The van der Waals surface area contributed by atoms with Crippen LogP contribution >= 0.6 is 11.3 Å². The molecule has 0 bridgehead atoms. The van der Waals surface area contributed by atoms with E-state index in [1.165, 1.54) is 19.2 Å². The number of nitrogens with one attached hydrogen (secondary N) is 1. The Morgan fingerprint density at radius 1 is 1.16 bits per heavy atom. The summed E-state index contributed by atoms with van der Waals surface area (Å²) in [7, 11) is -2.51. The van der Waals surface area contributed by atoms with Crippen LogP contribution in [0.4, 0.5) is 13.9 Å². The van der Waals surface area contributed by atoms with Crippen LogP contribution in [0, 0.1) is 18.6 Å². The van der Waals surface area contributed by atoms with Gasteiger partial charge in [0.1, 0.15) is 0 Å². The van der Waals surface area contributed by atoms with Gasteiger partial charge in [-0.15, -0.1) is 11.3 Å². The zero-order chi connectivity index (χ0) is 22.6. The van der Waals surface area contributed by atoms with Crippen molar-refractivity contribution in [3.05, 3.63) is 76.0 Å². The lowest BCUT2D eigenvalue weighted by molar-refractivity contribution is -0.116. The van der Waals surface area contributed by atoms with Crippen molar-refractivity contribution in [3.8, 4) is 11.3 Å². The summed E-state index contributed by atoms with van der Waals surface area (Å²) < 4.78 is 52.3. The van der Waals surface area contributed by atoms with Gasteiger partial charge in [-0.25, -0.2) is 22.2 Å². The molecule has 162 valence electrons. The van der Waals surface area contributed by atoms with Crippen LogP contribution in [-0.2, 0) is 14.8 Å². The first kappa shape index (κ1) is 22.7. The van der Waals surface area contributed by atoms with Gasteiger partial charge in [0.2, 0.25) is 15.9 Å². The van der Waals surface area contributed by atoms with E-state index >= 15 is 0 Å². The van der Waals surface area contributed by atoms with Crippen LogP contribution in [0.3, 0.4) is 0 Å². The van der Waals surface area contributed by atoms with Gasteiger partial charge in [-0.05, 0) is 36.8 Å². The molecule has 0 aliphatic heterocycles. The summed E-state index contributed by atoms with van der Waals surface area (Å²) in [6, 6.07) is 12.3. The maximum atomic E-state index is 13.5. The number of hydrogen-bond acceptors (Lipinski definition) is 5. The van der Waals surface area contributed by atoms with Crippen LogP contribution in [-0.4, -0.2) is 37.2 Å². The maximum absolute atomic E-state index is 13.5. The second-order valence-electron chi connectivity index (χ2n) is 6.62. The Kier molecular flexibility index (Phi) is 6.94. The maximum Gasteiger partial charge on any atom is 0.241 e. The monoisotopic (exact) mass is 463 g/mol. The van der Waals surface area contributed by atoms with Crippen LogP contribution in [0.25, 0.3) is 17.3 Å². The lowest BCUT2D eigenvalue weighted by Crippen LogP contribution is -2.33. The SMILES string of the molecule is Cc1sc(NC(=O)CN(C)S(=O)(=O)C=Cc2ccccc2)nc1-c1ccc(F)c(F)c1. The number of thiazole rings is 1. The van der Waals surface area contributed by atoms with Crippen LogP contribution in [0.5, 0.6) is 0 Å². The van der Waals surface area contributed by atoms with E-state index in [0.29, 0.717) is 21.7 Å². The minimum Gasteiger partial charge on any atom is -0.301 e. The van der Waals surface area contributed by atoms with Gasteiger partial charge in [0.25, 0.3) is 0 Å². The molecule has 0 aliphatic rings. The van der Waals surface area contributed by atoms with E-state index in [2.05, 4.69) is 10.3 Å². The summed E-state index contributed by atoms with van der Waals surface area (Å²) in [6.07, 6.45) is 1.45.